The molecule has 2 aliphatic heterocycles. The summed E-state index contributed by atoms with van der Waals surface area (Å²) in [6.07, 6.45) is 6.35. The predicted octanol–water partition coefficient (Wildman–Crippen LogP) is 12.1. The van der Waals surface area contributed by atoms with Gasteiger partial charge >= 0.3 is 0 Å². The van der Waals surface area contributed by atoms with Gasteiger partial charge in [-0.15, -0.1) is 0 Å². The summed E-state index contributed by atoms with van der Waals surface area (Å²) in [7, 11) is 0. The molecule has 0 spiro atoms. The Hall–Kier alpha value is -5.88. The van der Waals surface area contributed by atoms with Crippen molar-refractivity contribution in [3.8, 4) is 22.3 Å². The van der Waals surface area contributed by atoms with Crippen molar-refractivity contribution in [2.24, 2.45) is 0 Å². The van der Waals surface area contributed by atoms with Gasteiger partial charge in [0.15, 0.2) is 0 Å². The number of hydrogen-bond donors (Lipinski definition) is 0. The molecule has 6 nitrogen and oxygen atoms in total. The third-order valence-electron chi connectivity index (χ3n) is 13.0. The SMILES string of the molecule is CCCCN1C(=O)c2ccc3c4c(-c5c(CC)cccc5CC)cc5c6c(ccc(c7c(-c8c(CC)cccc8CC)cc(c2c37)C1=O)c64)C(=O)N(CCCC)C5=O. The fraction of sp³-hybridized carbons (Fsp3) is 0.308. The molecule has 0 saturated heterocycles. The van der Waals surface area contributed by atoms with Gasteiger partial charge in [0.25, 0.3) is 23.6 Å². The molecule has 0 N–H and O–H groups in total. The Balaban J connectivity index is 1.57. The van der Waals surface area contributed by atoms with E-state index in [4.69, 9.17) is 0 Å². The molecule has 58 heavy (non-hydrogen) atoms. The molecular formula is C52H50N2O4. The van der Waals surface area contributed by atoms with Crippen LogP contribution < -0.4 is 0 Å². The monoisotopic (exact) mass is 766 g/mol. The lowest BCUT2D eigenvalue weighted by atomic mass is 9.76. The third-order valence-corrected chi connectivity index (χ3v) is 13.0. The minimum absolute atomic E-state index is 0.257. The normalized spacial score (nSPS) is 14.1. The summed E-state index contributed by atoms with van der Waals surface area (Å²) in [6, 6.07) is 25.0. The third kappa shape index (κ3) is 5.23. The maximum Gasteiger partial charge on any atom is 0.261 e. The average molecular weight is 767 g/mol. The van der Waals surface area contributed by atoms with Crippen molar-refractivity contribution in [1.29, 1.82) is 0 Å². The number of benzene rings is 7. The Bertz CT molecular complexity index is 2660. The van der Waals surface area contributed by atoms with Gasteiger partial charge in [-0.3, -0.25) is 29.0 Å². The van der Waals surface area contributed by atoms with E-state index in [2.05, 4.69) is 102 Å². The fourth-order valence-electron chi connectivity index (χ4n) is 10.2. The van der Waals surface area contributed by atoms with Gasteiger partial charge in [-0.25, -0.2) is 0 Å². The number of unbranched alkanes of at least 4 members (excludes halogenated alkanes) is 2. The van der Waals surface area contributed by atoms with Gasteiger partial charge in [-0.2, -0.15) is 0 Å². The molecule has 7 aromatic carbocycles. The van der Waals surface area contributed by atoms with Crippen LogP contribution in [-0.2, 0) is 25.7 Å². The lowest BCUT2D eigenvalue weighted by Gasteiger charge is -2.32. The molecule has 0 aliphatic carbocycles. The van der Waals surface area contributed by atoms with Crippen LogP contribution in [0.15, 0.2) is 72.8 Å². The van der Waals surface area contributed by atoms with Crippen LogP contribution >= 0.6 is 0 Å². The zero-order chi connectivity index (χ0) is 40.6. The van der Waals surface area contributed by atoms with Gasteiger partial charge in [0.2, 0.25) is 0 Å². The molecule has 0 bridgehead atoms. The van der Waals surface area contributed by atoms with Crippen LogP contribution in [0.4, 0.5) is 0 Å². The zero-order valence-electron chi connectivity index (χ0n) is 34.5. The molecule has 0 unspecified atom stereocenters. The van der Waals surface area contributed by atoms with Crippen molar-refractivity contribution in [2.75, 3.05) is 13.1 Å². The quantitative estimate of drug-likeness (QED) is 0.0705. The van der Waals surface area contributed by atoms with Gasteiger partial charge in [0.1, 0.15) is 0 Å². The molecule has 9 rings (SSSR count). The van der Waals surface area contributed by atoms with Gasteiger partial charge in [0.05, 0.1) is 0 Å². The highest BCUT2D eigenvalue weighted by molar-refractivity contribution is 6.44. The molecule has 0 saturated carbocycles. The molecule has 0 fully saturated rings. The minimum atomic E-state index is -0.261. The second-order valence-electron chi connectivity index (χ2n) is 16.1. The van der Waals surface area contributed by atoms with Crippen LogP contribution in [-0.4, -0.2) is 46.5 Å². The molecule has 292 valence electrons. The highest BCUT2D eigenvalue weighted by Gasteiger charge is 2.39. The van der Waals surface area contributed by atoms with Crippen LogP contribution in [0.5, 0.6) is 0 Å². The summed E-state index contributed by atoms with van der Waals surface area (Å²) in [4.78, 5) is 61.3. The molecule has 2 aliphatic rings. The highest BCUT2D eigenvalue weighted by Crippen LogP contribution is 2.53. The molecule has 2 heterocycles. The Kier molecular flexibility index (Phi) is 9.42. The van der Waals surface area contributed by atoms with Gasteiger partial charge in [-0.05, 0) is 140 Å². The van der Waals surface area contributed by atoms with E-state index in [-0.39, 0.29) is 23.6 Å². The van der Waals surface area contributed by atoms with Gasteiger partial charge < -0.3 is 0 Å². The molecule has 4 amide bonds. The van der Waals surface area contributed by atoms with E-state index in [9.17, 15) is 19.2 Å². The second-order valence-corrected chi connectivity index (χ2v) is 16.1. The van der Waals surface area contributed by atoms with E-state index in [0.29, 0.717) is 46.1 Å². The summed E-state index contributed by atoms with van der Waals surface area (Å²) in [6.45, 7) is 13.5. The van der Waals surface area contributed by atoms with Crippen LogP contribution in [0.2, 0.25) is 0 Å². The first-order valence-electron chi connectivity index (χ1n) is 21.5. The summed E-state index contributed by atoms with van der Waals surface area (Å²) in [5, 5.41) is 6.88. The topological polar surface area (TPSA) is 74.8 Å². The Morgan fingerprint density at radius 3 is 1.05 bits per heavy atom. The van der Waals surface area contributed by atoms with Crippen molar-refractivity contribution in [2.45, 2.75) is 92.9 Å². The number of carbonyl (C=O) groups is 4. The fourth-order valence-corrected chi connectivity index (χ4v) is 10.2. The van der Waals surface area contributed by atoms with Crippen molar-refractivity contribution in [1.82, 2.24) is 9.80 Å². The van der Waals surface area contributed by atoms with Crippen molar-refractivity contribution in [3.05, 3.63) is 117 Å². The second kappa shape index (κ2) is 14.5. The number of carbonyl (C=O) groups excluding carboxylic acids is 4. The Morgan fingerprint density at radius 2 is 0.724 bits per heavy atom. The number of amides is 4. The minimum Gasteiger partial charge on any atom is -0.274 e. The number of aryl methyl sites for hydroxylation is 4. The van der Waals surface area contributed by atoms with E-state index in [0.717, 1.165) is 106 Å². The van der Waals surface area contributed by atoms with Crippen molar-refractivity contribution in [3.63, 3.8) is 0 Å². The summed E-state index contributed by atoms with van der Waals surface area (Å²) < 4.78 is 0. The number of hydrogen-bond acceptors (Lipinski definition) is 4. The number of imide groups is 2. The number of fused-ring (bicyclic) bond motifs is 2. The molecule has 7 aromatic rings. The molecular weight excluding hydrogens is 717 g/mol. The highest BCUT2D eigenvalue weighted by atomic mass is 16.2. The maximum atomic E-state index is 14.8. The first-order valence-corrected chi connectivity index (χ1v) is 21.5. The lowest BCUT2D eigenvalue weighted by molar-refractivity contribution is 0.0593. The lowest BCUT2D eigenvalue weighted by Crippen LogP contribution is -2.41. The van der Waals surface area contributed by atoms with Crippen LogP contribution in [0.25, 0.3) is 65.3 Å². The Labute approximate surface area is 340 Å². The summed E-state index contributed by atoms with van der Waals surface area (Å²) in [5.41, 5.74) is 11.0. The maximum absolute atomic E-state index is 14.8. The molecule has 0 atom stereocenters. The van der Waals surface area contributed by atoms with Crippen molar-refractivity contribution < 1.29 is 19.2 Å². The van der Waals surface area contributed by atoms with Gasteiger partial charge in [0, 0.05) is 46.1 Å². The van der Waals surface area contributed by atoms with E-state index in [1.54, 1.807) is 0 Å². The Morgan fingerprint density at radius 1 is 0.379 bits per heavy atom. The van der Waals surface area contributed by atoms with E-state index < -0.39 is 0 Å². The molecule has 0 radical (unpaired) electrons. The average Bonchev–Trinajstić information content (AvgIpc) is 3.25. The van der Waals surface area contributed by atoms with E-state index >= 15 is 0 Å². The first kappa shape index (κ1) is 37.7. The zero-order valence-corrected chi connectivity index (χ0v) is 34.5. The van der Waals surface area contributed by atoms with E-state index in [1.807, 2.05) is 12.1 Å². The van der Waals surface area contributed by atoms with Gasteiger partial charge in [-0.1, -0.05) is 103 Å². The standard InChI is InChI=1S/C52H50N2O4/c1-7-13-25-53-49(55)35-23-21-33-44-38(42-31(11-5)19-16-20-32(42)12-6)28-40-46-36(50(56)54(52(40)58)26-14-8-2)24-22-34(48(44)46)43-37(27-39(51(53)57)45(35)47(33)43)41-29(9-3)17-15-18-30(41)10-4/h15-24,27-28H,7-14,25-26H2,1-6H3. The van der Waals surface area contributed by atoms with Crippen LogP contribution in [0.3, 0.4) is 0 Å². The summed E-state index contributed by atoms with van der Waals surface area (Å²) in [5.74, 6) is -1.04. The molecule has 0 aromatic heterocycles. The van der Waals surface area contributed by atoms with Crippen LogP contribution in [0.1, 0.15) is 131 Å². The first-order chi connectivity index (χ1) is 28.2. The smallest absolute Gasteiger partial charge is 0.261 e. The predicted molar refractivity (Wildman–Crippen MR) is 237 cm³/mol. The van der Waals surface area contributed by atoms with Crippen molar-refractivity contribution >= 4 is 66.7 Å². The number of rotatable bonds is 12. The van der Waals surface area contributed by atoms with E-state index in [1.165, 1.54) is 32.1 Å². The van der Waals surface area contributed by atoms with Crippen LogP contribution in [0, 0.1) is 0 Å². The largest absolute Gasteiger partial charge is 0.274 e. The molecule has 6 heteroatoms. The number of nitrogens with zero attached hydrogens (tertiary/aromatic N) is 2. The summed E-state index contributed by atoms with van der Waals surface area (Å²) >= 11 is 0.